The molecule has 4 nitrogen and oxygen atoms in total. The number of methoxy groups -OCH3 is 3. The fourth-order valence-electron chi connectivity index (χ4n) is 2.50. The van der Waals surface area contributed by atoms with Crippen LogP contribution in [0.1, 0.15) is 25.0 Å². The summed E-state index contributed by atoms with van der Waals surface area (Å²) >= 11 is 0. The number of rotatable bonds is 7. The first-order valence-corrected chi connectivity index (χ1v) is 8.04. The molecule has 0 heterocycles. The molecule has 0 aliphatic heterocycles. The summed E-state index contributed by atoms with van der Waals surface area (Å²) in [5.74, 6) is 2.96. The minimum atomic E-state index is 0.537. The van der Waals surface area contributed by atoms with Crippen LogP contribution in [0, 0.1) is 0 Å². The van der Waals surface area contributed by atoms with Crippen molar-refractivity contribution >= 4 is 12.2 Å². The van der Waals surface area contributed by atoms with Gasteiger partial charge in [0.1, 0.15) is 0 Å². The Morgan fingerprint density at radius 3 is 1.84 bits per heavy atom. The highest BCUT2D eigenvalue weighted by Gasteiger charge is 2.16. The Morgan fingerprint density at radius 2 is 1.24 bits per heavy atom. The largest absolute Gasteiger partial charge is 0.493 e. The Balaban J connectivity index is 2.50. The highest BCUT2D eigenvalue weighted by Crippen LogP contribution is 2.43. The van der Waals surface area contributed by atoms with Crippen molar-refractivity contribution in [1.82, 2.24) is 0 Å². The van der Waals surface area contributed by atoms with Crippen molar-refractivity contribution in [2.45, 2.75) is 13.8 Å². The van der Waals surface area contributed by atoms with E-state index in [1.54, 1.807) is 21.3 Å². The molecule has 25 heavy (non-hydrogen) atoms. The summed E-state index contributed by atoms with van der Waals surface area (Å²) in [5, 5.41) is 0. The fourth-order valence-corrected chi connectivity index (χ4v) is 2.50. The van der Waals surface area contributed by atoms with Crippen molar-refractivity contribution in [2.24, 2.45) is 0 Å². The molecule has 0 aliphatic carbocycles. The van der Waals surface area contributed by atoms with Crippen molar-refractivity contribution in [2.75, 3.05) is 21.3 Å². The van der Waals surface area contributed by atoms with Crippen LogP contribution in [-0.4, -0.2) is 21.3 Å². The molecule has 0 amide bonds. The second kappa shape index (κ2) is 8.83. The van der Waals surface area contributed by atoms with Crippen LogP contribution in [0.4, 0.5) is 0 Å². The van der Waals surface area contributed by atoms with Gasteiger partial charge in [0.25, 0.3) is 0 Å². The molecule has 2 rings (SSSR count). The van der Waals surface area contributed by atoms with Gasteiger partial charge in [-0.2, -0.15) is 0 Å². The number of ether oxygens (including phenoxy) is 4. The summed E-state index contributed by atoms with van der Waals surface area (Å²) in [4.78, 5) is 0. The lowest BCUT2D eigenvalue weighted by molar-refractivity contribution is 0.329. The average molecular weight is 340 g/mol. The maximum absolute atomic E-state index is 6.10. The van der Waals surface area contributed by atoms with Gasteiger partial charge in [-0.3, -0.25) is 0 Å². The van der Waals surface area contributed by atoms with Gasteiger partial charge in [0.2, 0.25) is 5.75 Å². The van der Waals surface area contributed by atoms with E-state index < -0.39 is 0 Å². The first kappa shape index (κ1) is 18.5. The third kappa shape index (κ3) is 4.35. The Bertz CT molecular complexity index is 776. The maximum Gasteiger partial charge on any atom is 0.203 e. The summed E-state index contributed by atoms with van der Waals surface area (Å²) in [7, 11) is 4.82. The van der Waals surface area contributed by atoms with E-state index in [-0.39, 0.29) is 0 Å². The zero-order valence-electron chi connectivity index (χ0n) is 15.3. The van der Waals surface area contributed by atoms with Gasteiger partial charge in [-0.15, -0.1) is 0 Å². The average Bonchev–Trinajstić information content (AvgIpc) is 2.63. The molecule has 0 radical (unpaired) electrons. The van der Waals surface area contributed by atoms with Crippen molar-refractivity contribution < 1.29 is 18.9 Å². The maximum atomic E-state index is 6.10. The van der Waals surface area contributed by atoms with Gasteiger partial charge in [-0.1, -0.05) is 30.4 Å². The molecule has 0 N–H and O–H groups in total. The van der Waals surface area contributed by atoms with Crippen LogP contribution in [0.25, 0.3) is 12.2 Å². The number of benzene rings is 2. The zero-order chi connectivity index (χ0) is 18.2. The molecule has 0 atom stereocenters. The molecule has 0 unspecified atom stereocenters. The van der Waals surface area contributed by atoms with Crippen molar-refractivity contribution in [1.29, 1.82) is 0 Å². The van der Waals surface area contributed by atoms with Gasteiger partial charge >= 0.3 is 0 Å². The Hall–Kier alpha value is -2.88. The third-order valence-corrected chi connectivity index (χ3v) is 3.59. The quantitative estimate of drug-likeness (QED) is 0.660. The summed E-state index contributed by atoms with van der Waals surface area (Å²) in [5.41, 5.74) is 2.00. The van der Waals surface area contributed by atoms with E-state index in [2.05, 4.69) is 0 Å². The number of hydrogen-bond donors (Lipinski definition) is 0. The highest BCUT2D eigenvalue weighted by molar-refractivity contribution is 5.63. The second-order valence-electron chi connectivity index (χ2n) is 5.27. The SMILES string of the molecule is C/C=C/c1ccc(Oc2cc(/C=C/C)cc(OC)c2OC)c(OC)c1. The molecule has 2 aromatic carbocycles. The van der Waals surface area contributed by atoms with Gasteiger partial charge in [0.05, 0.1) is 21.3 Å². The van der Waals surface area contributed by atoms with Crippen LogP contribution in [-0.2, 0) is 0 Å². The third-order valence-electron chi connectivity index (χ3n) is 3.59. The summed E-state index contributed by atoms with van der Waals surface area (Å²) in [6.45, 7) is 3.93. The first-order valence-electron chi connectivity index (χ1n) is 8.04. The molecule has 0 bridgehead atoms. The zero-order valence-corrected chi connectivity index (χ0v) is 15.3. The van der Waals surface area contributed by atoms with Crippen LogP contribution in [0.15, 0.2) is 42.5 Å². The van der Waals surface area contributed by atoms with Crippen molar-refractivity contribution in [3.63, 3.8) is 0 Å². The molecule has 0 saturated carbocycles. The van der Waals surface area contributed by atoms with Crippen molar-refractivity contribution in [3.8, 4) is 28.7 Å². The van der Waals surface area contributed by atoms with Crippen LogP contribution < -0.4 is 18.9 Å². The molecule has 0 spiro atoms. The molecule has 132 valence electrons. The van der Waals surface area contributed by atoms with Crippen LogP contribution in [0.5, 0.6) is 28.7 Å². The minimum Gasteiger partial charge on any atom is -0.493 e. The molecule has 2 aromatic rings. The lowest BCUT2D eigenvalue weighted by Gasteiger charge is -2.16. The smallest absolute Gasteiger partial charge is 0.203 e. The monoisotopic (exact) mass is 340 g/mol. The highest BCUT2D eigenvalue weighted by atomic mass is 16.5. The molecular formula is C21H24O4. The standard InChI is InChI=1S/C21H24O4/c1-6-8-15-10-11-17(18(12-15)22-3)25-20-14-16(9-7-2)13-19(23-4)21(20)24-5/h6-14H,1-5H3/b8-6+,9-7+. The second-order valence-corrected chi connectivity index (χ2v) is 5.27. The Kier molecular flexibility index (Phi) is 6.52. The van der Waals surface area contributed by atoms with Gasteiger partial charge in [0.15, 0.2) is 23.0 Å². The Morgan fingerprint density at radius 1 is 0.640 bits per heavy atom. The first-order chi connectivity index (χ1) is 12.2. The number of hydrogen-bond acceptors (Lipinski definition) is 4. The fraction of sp³-hybridized carbons (Fsp3) is 0.238. The lowest BCUT2D eigenvalue weighted by atomic mass is 10.1. The van der Waals surface area contributed by atoms with Crippen LogP contribution in [0.3, 0.4) is 0 Å². The molecular weight excluding hydrogens is 316 g/mol. The van der Waals surface area contributed by atoms with Gasteiger partial charge < -0.3 is 18.9 Å². The van der Waals surface area contributed by atoms with E-state index in [0.717, 1.165) is 11.1 Å². The normalized spacial score (nSPS) is 11.1. The molecule has 0 saturated heterocycles. The molecule has 4 heteroatoms. The van der Waals surface area contributed by atoms with Crippen LogP contribution in [0.2, 0.25) is 0 Å². The predicted molar refractivity (Wildman–Crippen MR) is 102 cm³/mol. The Labute approximate surface area is 149 Å². The van der Waals surface area contributed by atoms with E-state index in [1.807, 2.05) is 68.5 Å². The summed E-state index contributed by atoms with van der Waals surface area (Å²) < 4.78 is 22.5. The number of allylic oxidation sites excluding steroid dienone is 2. The topological polar surface area (TPSA) is 36.9 Å². The lowest BCUT2D eigenvalue weighted by Crippen LogP contribution is -1.97. The van der Waals surface area contributed by atoms with E-state index in [1.165, 1.54) is 0 Å². The molecule has 0 fully saturated rings. The summed E-state index contributed by atoms with van der Waals surface area (Å²) in [6.07, 6.45) is 7.91. The molecule has 0 aliphatic rings. The van der Waals surface area contributed by atoms with E-state index in [9.17, 15) is 0 Å². The van der Waals surface area contributed by atoms with Gasteiger partial charge in [-0.05, 0) is 49.2 Å². The van der Waals surface area contributed by atoms with Crippen LogP contribution >= 0.6 is 0 Å². The van der Waals surface area contributed by atoms with Gasteiger partial charge in [0, 0.05) is 0 Å². The predicted octanol–water partition coefficient (Wildman–Crippen LogP) is 5.57. The summed E-state index contributed by atoms with van der Waals surface area (Å²) in [6, 6.07) is 9.58. The van der Waals surface area contributed by atoms with Crippen molar-refractivity contribution in [3.05, 3.63) is 53.6 Å². The van der Waals surface area contributed by atoms with E-state index in [0.29, 0.717) is 28.7 Å². The molecule has 0 aromatic heterocycles. The van der Waals surface area contributed by atoms with Gasteiger partial charge in [-0.25, -0.2) is 0 Å². The van der Waals surface area contributed by atoms with E-state index >= 15 is 0 Å². The minimum absolute atomic E-state index is 0.537. The van der Waals surface area contributed by atoms with E-state index in [4.69, 9.17) is 18.9 Å².